The van der Waals surface area contributed by atoms with Crippen molar-refractivity contribution in [2.75, 3.05) is 24.7 Å². The fourth-order valence-electron chi connectivity index (χ4n) is 1.99. The van der Waals surface area contributed by atoms with Crippen LogP contribution in [0.2, 0.25) is 0 Å². The minimum atomic E-state index is -0.414. The molecule has 0 aliphatic carbocycles. The normalized spacial score (nSPS) is 19.4. The Labute approximate surface area is 106 Å². The summed E-state index contributed by atoms with van der Waals surface area (Å²) >= 11 is 0. The van der Waals surface area contributed by atoms with Crippen molar-refractivity contribution in [2.24, 2.45) is 0 Å². The van der Waals surface area contributed by atoms with Gasteiger partial charge in [0.1, 0.15) is 6.61 Å². The lowest BCUT2D eigenvalue weighted by atomic mass is 10.1. The van der Waals surface area contributed by atoms with E-state index in [1.807, 2.05) is 0 Å². The van der Waals surface area contributed by atoms with Gasteiger partial charge in [0.25, 0.3) is 0 Å². The average molecular weight is 250 g/mol. The summed E-state index contributed by atoms with van der Waals surface area (Å²) in [7, 11) is 0. The van der Waals surface area contributed by atoms with E-state index >= 15 is 0 Å². The molecule has 98 valence electrons. The van der Waals surface area contributed by atoms with Crippen molar-refractivity contribution in [2.45, 2.75) is 25.4 Å². The second-order valence-corrected chi connectivity index (χ2v) is 4.48. The standard InChI is InChI=1S/C13H18N2O3/c14-10-5-9(6-11(15)7-10)13(16)18-8-12-3-1-2-4-17-12/h5-7,12H,1-4,8,14-15H2. The van der Waals surface area contributed by atoms with Gasteiger partial charge in [-0.25, -0.2) is 4.79 Å². The zero-order valence-electron chi connectivity index (χ0n) is 10.2. The minimum Gasteiger partial charge on any atom is -0.459 e. The highest BCUT2D eigenvalue weighted by atomic mass is 16.6. The van der Waals surface area contributed by atoms with Crippen molar-refractivity contribution in [3.05, 3.63) is 23.8 Å². The van der Waals surface area contributed by atoms with E-state index in [-0.39, 0.29) is 12.7 Å². The molecule has 0 bridgehead atoms. The quantitative estimate of drug-likeness (QED) is 0.628. The van der Waals surface area contributed by atoms with E-state index in [9.17, 15) is 4.79 Å². The average Bonchev–Trinajstić information content (AvgIpc) is 2.36. The molecule has 0 amide bonds. The van der Waals surface area contributed by atoms with Crippen LogP contribution >= 0.6 is 0 Å². The maximum atomic E-state index is 11.8. The van der Waals surface area contributed by atoms with Crippen molar-refractivity contribution < 1.29 is 14.3 Å². The van der Waals surface area contributed by atoms with Crippen LogP contribution in [-0.4, -0.2) is 25.3 Å². The van der Waals surface area contributed by atoms with Crippen LogP contribution in [0.15, 0.2) is 18.2 Å². The number of carbonyl (C=O) groups is 1. The van der Waals surface area contributed by atoms with Crippen LogP contribution in [0.3, 0.4) is 0 Å². The molecule has 2 rings (SSSR count). The van der Waals surface area contributed by atoms with Crippen molar-refractivity contribution >= 4 is 17.3 Å². The lowest BCUT2D eigenvalue weighted by molar-refractivity contribution is -0.0300. The topological polar surface area (TPSA) is 87.6 Å². The number of anilines is 2. The molecule has 1 aromatic carbocycles. The summed E-state index contributed by atoms with van der Waals surface area (Å²) < 4.78 is 10.7. The molecule has 1 aromatic rings. The zero-order valence-corrected chi connectivity index (χ0v) is 10.2. The highest BCUT2D eigenvalue weighted by molar-refractivity contribution is 5.91. The predicted octanol–water partition coefficient (Wildman–Crippen LogP) is 1.58. The van der Waals surface area contributed by atoms with E-state index in [1.54, 1.807) is 18.2 Å². The third-order valence-corrected chi connectivity index (χ3v) is 2.89. The number of hydrogen-bond donors (Lipinski definition) is 2. The van der Waals surface area contributed by atoms with Crippen LogP contribution in [0.4, 0.5) is 11.4 Å². The highest BCUT2D eigenvalue weighted by Crippen LogP contribution is 2.16. The fourth-order valence-corrected chi connectivity index (χ4v) is 1.99. The van der Waals surface area contributed by atoms with Crippen LogP contribution in [-0.2, 0) is 9.47 Å². The highest BCUT2D eigenvalue weighted by Gasteiger charge is 2.17. The Morgan fingerprint density at radius 3 is 2.61 bits per heavy atom. The number of nitrogens with two attached hydrogens (primary N) is 2. The van der Waals surface area contributed by atoms with Crippen molar-refractivity contribution in [3.8, 4) is 0 Å². The summed E-state index contributed by atoms with van der Waals surface area (Å²) in [6.45, 7) is 1.03. The molecule has 5 nitrogen and oxygen atoms in total. The van der Waals surface area contributed by atoms with Gasteiger partial charge in [0, 0.05) is 18.0 Å². The lowest BCUT2D eigenvalue weighted by Gasteiger charge is -2.22. The summed E-state index contributed by atoms with van der Waals surface area (Å²) in [6, 6.07) is 4.71. The molecule has 0 aromatic heterocycles. The molecule has 4 N–H and O–H groups in total. The molecule has 1 aliphatic heterocycles. The van der Waals surface area contributed by atoms with Gasteiger partial charge >= 0.3 is 5.97 Å². The molecule has 1 saturated heterocycles. The number of rotatable bonds is 3. The summed E-state index contributed by atoms with van der Waals surface area (Å²) in [5.41, 5.74) is 12.5. The predicted molar refractivity (Wildman–Crippen MR) is 69.1 cm³/mol. The van der Waals surface area contributed by atoms with E-state index in [4.69, 9.17) is 20.9 Å². The Morgan fingerprint density at radius 2 is 2.00 bits per heavy atom. The van der Waals surface area contributed by atoms with Crippen molar-refractivity contribution in [1.29, 1.82) is 0 Å². The molecule has 1 fully saturated rings. The Bertz CT molecular complexity index is 408. The first-order chi connectivity index (χ1) is 8.65. The number of carbonyl (C=O) groups excluding carboxylic acids is 1. The minimum absolute atomic E-state index is 0.0149. The smallest absolute Gasteiger partial charge is 0.338 e. The molecule has 0 radical (unpaired) electrons. The largest absolute Gasteiger partial charge is 0.459 e. The Balaban J connectivity index is 1.90. The maximum Gasteiger partial charge on any atom is 0.338 e. The summed E-state index contributed by atoms with van der Waals surface area (Å²) in [5, 5.41) is 0. The van der Waals surface area contributed by atoms with Crippen LogP contribution < -0.4 is 11.5 Å². The molecule has 0 spiro atoms. The summed E-state index contributed by atoms with van der Waals surface area (Å²) in [6.07, 6.45) is 3.15. The Kier molecular flexibility index (Phi) is 4.04. The molecular formula is C13H18N2O3. The first kappa shape index (κ1) is 12.7. The van der Waals surface area contributed by atoms with Gasteiger partial charge in [-0.05, 0) is 37.5 Å². The molecule has 1 atom stereocenters. The van der Waals surface area contributed by atoms with Gasteiger partial charge in [0.2, 0.25) is 0 Å². The summed E-state index contributed by atoms with van der Waals surface area (Å²) in [5.74, 6) is -0.414. The first-order valence-electron chi connectivity index (χ1n) is 6.10. The van der Waals surface area contributed by atoms with Crippen molar-refractivity contribution in [3.63, 3.8) is 0 Å². The fraction of sp³-hybridized carbons (Fsp3) is 0.462. The maximum absolute atomic E-state index is 11.8. The van der Waals surface area contributed by atoms with Gasteiger partial charge in [-0.3, -0.25) is 0 Å². The van der Waals surface area contributed by atoms with Crippen LogP contribution in [0.25, 0.3) is 0 Å². The second-order valence-electron chi connectivity index (χ2n) is 4.48. The van der Waals surface area contributed by atoms with Gasteiger partial charge in [-0.1, -0.05) is 0 Å². The molecule has 1 heterocycles. The first-order valence-corrected chi connectivity index (χ1v) is 6.10. The lowest BCUT2D eigenvalue weighted by Crippen LogP contribution is -2.26. The Morgan fingerprint density at radius 1 is 1.28 bits per heavy atom. The number of ether oxygens (including phenoxy) is 2. The van der Waals surface area contributed by atoms with Gasteiger partial charge in [-0.15, -0.1) is 0 Å². The van der Waals surface area contributed by atoms with Crippen molar-refractivity contribution in [1.82, 2.24) is 0 Å². The Hall–Kier alpha value is -1.75. The molecule has 1 unspecified atom stereocenters. The molecular weight excluding hydrogens is 232 g/mol. The van der Waals surface area contributed by atoms with Gasteiger partial charge < -0.3 is 20.9 Å². The van der Waals surface area contributed by atoms with E-state index in [1.165, 1.54) is 0 Å². The monoisotopic (exact) mass is 250 g/mol. The zero-order chi connectivity index (χ0) is 13.0. The van der Waals surface area contributed by atoms with Gasteiger partial charge in [-0.2, -0.15) is 0 Å². The SMILES string of the molecule is Nc1cc(N)cc(C(=O)OCC2CCCCO2)c1. The van der Waals surface area contributed by atoms with E-state index in [0.717, 1.165) is 25.9 Å². The van der Waals surface area contributed by atoms with Gasteiger partial charge in [0.15, 0.2) is 0 Å². The van der Waals surface area contributed by atoms with E-state index < -0.39 is 5.97 Å². The molecule has 18 heavy (non-hydrogen) atoms. The number of esters is 1. The second kappa shape index (κ2) is 5.73. The molecule has 1 aliphatic rings. The number of benzene rings is 1. The van der Waals surface area contributed by atoms with E-state index in [0.29, 0.717) is 16.9 Å². The number of nitrogen functional groups attached to an aromatic ring is 2. The van der Waals surface area contributed by atoms with E-state index in [2.05, 4.69) is 0 Å². The summed E-state index contributed by atoms with van der Waals surface area (Å²) in [4.78, 5) is 11.8. The van der Waals surface area contributed by atoms with Crippen LogP contribution in [0.5, 0.6) is 0 Å². The third kappa shape index (κ3) is 3.37. The van der Waals surface area contributed by atoms with Crippen LogP contribution in [0, 0.1) is 0 Å². The number of hydrogen-bond acceptors (Lipinski definition) is 5. The molecule has 0 saturated carbocycles. The van der Waals surface area contributed by atoms with Gasteiger partial charge in [0.05, 0.1) is 11.7 Å². The molecule has 5 heteroatoms. The third-order valence-electron chi connectivity index (χ3n) is 2.89. The van der Waals surface area contributed by atoms with Crippen LogP contribution in [0.1, 0.15) is 29.6 Å².